The second-order valence-corrected chi connectivity index (χ2v) is 8.61. The van der Waals surface area contributed by atoms with E-state index in [0.29, 0.717) is 30.2 Å². The summed E-state index contributed by atoms with van der Waals surface area (Å²) in [7, 11) is 0. The summed E-state index contributed by atoms with van der Waals surface area (Å²) in [6, 6.07) is 5.81. The zero-order chi connectivity index (χ0) is 25.8. The van der Waals surface area contributed by atoms with E-state index in [4.69, 9.17) is 0 Å². The van der Waals surface area contributed by atoms with Gasteiger partial charge < -0.3 is 9.80 Å². The van der Waals surface area contributed by atoms with Gasteiger partial charge in [0.1, 0.15) is 0 Å². The summed E-state index contributed by atoms with van der Waals surface area (Å²) < 4.78 is 118. The number of benzene rings is 2. The maximum Gasteiger partial charge on any atom is 0.418 e. The smallest absolute Gasteiger partial charge is 0.367 e. The van der Waals surface area contributed by atoms with Gasteiger partial charge in [0.05, 0.1) is 16.7 Å². The third kappa shape index (κ3) is 5.35. The number of hydrogen-bond acceptors (Lipinski definition) is 2. The standard InChI is InChI=1S/C23H19F9N2O/c24-21(25,26)14-3-1-13(2-4-14)16-12-17(16)20(35)34-9-7-33(8-10-34)19-11-15(22(27,28)29)5-6-18(19)23(30,31)32/h1-6,11,16-17H,7-10,12H2/t16-,17-/m1/s1. The monoisotopic (exact) mass is 510 g/mol. The van der Waals surface area contributed by atoms with E-state index in [2.05, 4.69) is 0 Å². The Morgan fingerprint density at radius 3 is 1.77 bits per heavy atom. The summed E-state index contributed by atoms with van der Waals surface area (Å²) in [5.74, 6) is -0.963. The van der Waals surface area contributed by atoms with Crippen molar-refractivity contribution < 1.29 is 44.3 Å². The van der Waals surface area contributed by atoms with Gasteiger partial charge in [0, 0.05) is 37.8 Å². The first-order valence-electron chi connectivity index (χ1n) is 10.7. The Bertz CT molecular complexity index is 1080. The van der Waals surface area contributed by atoms with Crippen molar-refractivity contribution in [3.63, 3.8) is 0 Å². The molecule has 2 aromatic carbocycles. The summed E-state index contributed by atoms with van der Waals surface area (Å²) in [5.41, 5.74) is -3.18. The average molecular weight is 510 g/mol. The quantitative estimate of drug-likeness (QED) is 0.460. The number of carbonyl (C=O) groups is 1. The van der Waals surface area contributed by atoms with E-state index in [9.17, 15) is 44.3 Å². The van der Waals surface area contributed by atoms with Gasteiger partial charge in [-0.1, -0.05) is 12.1 Å². The molecule has 1 saturated carbocycles. The lowest BCUT2D eigenvalue weighted by Gasteiger charge is -2.37. The van der Waals surface area contributed by atoms with Crippen molar-refractivity contribution in [2.24, 2.45) is 5.92 Å². The van der Waals surface area contributed by atoms with Crippen LogP contribution in [0.15, 0.2) is 42.5 Å². The van der Waals surface area contributed by atoms with Gasteiger partial charge >= 0.3 is 18.5 Å². The van der Waals surface area contributed by atoms with Crippen molar-refractivity contribution in [3.8, 4) is 0 Å². The van der Waals surface area contributed by atoms with Crippen LogP contribution < -0.4 is 4.90 Å². The molecular formula is C23H19F9N2O. The molecule has 0 unspecified atom stereocenters. The van der Waals surface area contributed by atoms with E-state index in [1.165, 1.54) is 21.9 Å². The maximum absolute atomic E-state index is 13.4. The molecule has 2 aliphatic rings. The molecule has 0 aromatic heterocycles. The molecule has 0 spiro atoms. The lowest BCUT2D eigenvalue weighted by atomic mass is 10.1. The van der Waals surface area contributed by atoms with Crippen molar-refractivity contribution in [2.75, 3.05) is 31.1 Å². The number of carbonyl (C=O) groups excluding carboxylic acids is 1. The Kier molecular flexibility index (Phi) is 6.21. The van der Waals surface area contributed by atoms with E-state index >= 15 is 0 Å². The number of piperazine rings is 1. The molecule has 2 aromatic rings. The molecule has 0 bridgehead atoms. The predicted octanol–water partition coefficient (Wildman–Crippen LogP) is 6.20. The number of amides is 1. The van der Waals surface area contributed by atoms with Crippen LogP contribution in [-0.4, -0.2) is 37.0 Å². The van der Waals surface area contributed by atoms with Crippen LogP contribution in [0.5, 0.6) is 0 Å². The topological polar surface area (TPSA) is 23.6 Å². The van der Waals surface area contributed by atoms with Gasteiger partial charge in [0.2, 0.25) is 5.91 Å². The second-order valence-electron chi connectivity index (χ2n) is 8.61. The van der Waals surface area contributed by atoms with E-state index in [1.807, 2.05) is 0 Å². The molecule has 1 aliphatic carbocycles. The van der Waals surface area contributed by atoms with Crippen molar-refractivity contribution in [3.05, 3.63) is 64.7 Å². The SMILES string of the molecule is O=C([C@@H]1C[C@@H]1c1ccc(C(F)(F)F)cc1)N1CCN(c2cc(C(F)(F)F)ccc2C(F)(F)F)CC1. The molecule has 2 fully saturated rings. The minimum absolute atomic E-state index is 0.0165. The highest BCUT2D eigenvalue weighted by atomic mass is 19.4. The number of anilines is 1. The minimum atomic E-state index is -4.85. The lowest BCUT2D eigenvalue weighted by molar-refractivity contribution is -0.141. The van der Waals surface area contributed by atoms with Gasteiger partial charge in [-0.05, 0) is 48.2 Å². The first-order chi connectivity index (χ1) is 16.2. The second kappa shape index (κ2) is 8.63. The van der Waals surface area contributed by atoms with Crippen LogP contribution in [0.3, 0.4) is 0 Å². The van der Waals surface area contributed by atoms with Gasteiger partial charge in [0.15, 0.2) is 0 Å². The number of hydrogen-bond donors (Lipinski definition) is 0. The van der Waals surface area contributed by atoms with Crippen LogP contribution in [0.2, 0.25) is 0 Å². The maximum atomic E-state index is 13.4. The molecule has 4 rings (SSSR count). The summed E-state index contributed by atoms with van der Waals surface area (Å²) in [5, 5.41) is 0. The molecule has 1 aliphatic heterocycles. The first kappa shape index (κ1) is 25.2. The molecule has 12 heteroatoms. The Balaban J connectivity index is 1.42. The van der Waals surface area contributed by atoms with Gasteiger partial charge in [0.25, 0.3) is 0 Å². The van der Waals surface area contributed by atoms with Crippen LogP contribution in [0, 0.1) is 5.92 Å². The molecule has 35 heavy (non-hydrogen) atoms. The van der Waals surface area contributed by atoms with E-state index in [1.54, 1.807) is 0 Å². The van der Waals surface area contributed by atoms with Crippen molar-refractivity contribution >= 4 is 11.6 Å². The van der Waals surface area contributed by atoms with Gasteiger partial charge in [-0.3, -0.25) is 4.79 Å². The highest BCUT2D eigenvalue weighted by molar-refractivity contribution is 5.83. The number of alkyl halides is 9. The van der Waals surface area contributed by atoms with E-state index < -0.39 is 46.8 Å². The summed E-state index contributed by atoms with van der Waals surface area (Å²) in [6.07, 6.45) is -13.7. The Morgan fingerprint density at radius 1 is 0.714 bits per heavy atom. The fourth-order valence-electron chi connectivity index (χ4n) is 4.37. The zero-order valence-electron chi connectivity index (χ0n) is 17.9. The average Bonchev–Trinajstić information content (AvgIpc) is 3.57. The third-order valence-corrected chi connectivity index (χ3v) is 6.34. The number of nitrogens with zero attached hydrogens (tertiary/aromatic N) is 2. The molecule has 0 radical (unpaired) electrons. The highest BCUT2D eigenvalue weighted by Gasteiger charge is 2.47. The fourth-order valence-corrected chi connectivity index (χ4v) is 4.37. The normalized spacial score (nSPS) is 21.3. The molecule has 2 atom stereocenters. The molecule has 190 valence electrons. The minimum Gasteiger partial charge on any atom is -0.367 e. The van der Waals surface area contributed by atoms with E-state index in [0.717, 1.165) is 12.1 Å². The predicted molar refractivity (Wildman–Crippen MR) is 108 cm³/mol. The largest absolute Gasteiger partial charge is 0.418 e. The Morgan fingerprint density at radius 2 is 1.26 bits per heavy atom. The molecule has 3 nitrogen and oxygen atoms in total. The molecular weight excluding hydrogens is 491 g/mol. The van der Waals surface area contributed by atoms with Crippen molar-refractivity contribution in [2.45, 2.75) is 30.9 Å². The van der Waals surface area contributed by atoms with Crippen LogP contribution in [0.1, 0.15) is 34.6 Å². The Hall–Kier alpha value is -2.92. The molecule has 1 amide bonds. The van der Waals surface area contributed by atoms with Crippen molar-refractivity contribution in [1.29, 1.82) is 0 Å². The lowest BCUT2D eigenvalue weighted by Crippen LogP contribution is -2.49. The number of halogens is 9. The van der Waals surface area contributed by atoms with E-state index in [-0.39, 0.29) is 38.0 Å². The van der Waals surface area contributed by atoms with Crippen LogP contribution in [0.25, 0.3) is 0 Å². The molecule has 0 N–H and O–H groups in total. The van der Waals surface area contributed by atoms with Crippen LogP contribution in [0.4, 0.5) is 45.2 Å². The molecule has 1 saturated heterocycles. The number of rotatable bonds is 3. The van der Waals surface area contributed by atoms with Crippen molar-refractivity contribution in [1.82, 2.24) is 4.90 Å². The summed E-state index contributed by atoms with van der Waals surface area (Å²) >= 11 is 0. The van der Waals surface area contributed by atoms with Gasteiger partial charge in [-0.25, -0.2) is 0 Å². The molecule has 1 heterocycles. The summed E-state index contributed by atoms with van der Waals surface area (Å²) in [4.78, 5) is 15.4. The van der Waals surface area contributed by atoms with Gasteiger partial charge in [-0.2, -0.15) is 39.5 Å². The highest BCUT2D eigenvalue weighted by Crippen LogP contribution is 2.49. The summed E-state index contributed by atoms with van der Waals surface area (Å²) in [6.45, 7) is -0.146. The third-order valence-electron chi connectivity index (χ3n) is 6.34. The van der Waals surface area contributed by atoms with Crippen LogP contribution >= 0.6 is 0 Å². The first-order valence-corrected chi connectivity index (χ1v) is 10.7. The Labute approximate surface area is 194 Å². The van der Waals surface area contributed by atoms with Crippen LogP contribution in [-0.2, 0) is 23.3 Å². The van der Waals surface area contributed by atoms with Gasteiger partial charge in [-0.15, -0.1) is 0 Å². The zero-order valence-corrected chi connectivity index (χ0v) is 17.9. The fraction of sp³-hybridized carbons (Fsp3) is 0.435.